The summed E-state index contributed by atoms with van der Waals surface area (Å²) in [5.41, 5.74) is 1.30. The van der Waals surface area contributed by atoms with E-state index in [0.29, 0.717) is 29.0 Å². The van der Waals surface area contributed by atoms with Gasteiger partial charge in [0.2, 0.25) is 5.91 Å². The maximum absolute atomic E-state index is 13.8. The van der Waals surface area contributed by atoms with E-state index in [9.17, 15) is 14.0 Å². The SMILES string of the molecule is C=CC(=O)Nc1cccc(C(=O)N[C@@H]2CC3(CCC3)Oc3ccc(F)cc32)c1. The lowest BCUT2D eigenvalue weighted by Crippen LogP contribution is -2.49. The molecular weight excluding hydrogens is 359 g/mol. The molecule has 4 rings (SSSR count). The minimum Gasteiger partial charge on any atom is -0.487 e. The van der Waals surface area contributed by atoms with Crippen molar-refractivity contribution < 1.29 is 18.7 Å². The molecule has 144 valence electrons. The van der Waals surface area contributed by atoms with Crippen LogP contribution in [0.15, 0.2) is 55.1 Å². The van der Waals surface area contributed by atoms with Gasteiger partial charge in [0.15, 0.2) is 0 Å². The van der Waals surface area contributed by atoms with Crippen molar-refractivity contribution in [2.24, 2.45) is 0 Å². The second-order valence-corrected chi connectivity index (χ2v) is 7.33. The molecule has 0 unspecified atom stereocenters. The topological polar surface area (TPSA) is 67.4 Å². The molecule has 2 amide bonds. The molecule has 2 aliphatic rings. The average Bonchev–Trinajstić information content (AvgIpc) is 2.67. The van der Waals surface area contributed by atoms with Crippen LogP contribution in [0.3, 0.4) is 0 Å². The first-order valence-corrected chi connectivity index (χ1v) is 9.31. The Morgan fingerprint density at radius 1 is 1.21 bits per heavy atom. The molecule has 0 radical (unpaired) electrons. The summed E-state index contributed by atoms with van der Waals surface area (Å²) < 4.78 is 19.9. The molecule has 28 heavy (non-hydrogen) atoms. The van der Waals surface area contributed by atoms with Gasteiger partial charge >= 0.3 is 0 Å². The van der Waals surface area contributed by atoms with Crippen molar-refractivity contribution in [2.45, 2.75) is 37.3 Å². The van der Waals surface area contributed by atoms with Crippen LogP contribution in [0.2, 0.25) is 0 Å². The first-order chi connectivity index (χ1) is 13.5. The number of carbonyl (C=O) groups is 2. The molecule has 1 atom stereocenters. The molecule has 1 spiro atoms. The normalized spacial score (nSPS) is 19.0. The lowest BCUT2D eigenvalue weighted by atomic mass is 9.73. The Labute approximate surface area is 162 Å². The molecule has 0 aromatic heterocycles. The van der Waals surface area contributed by atoms with E-state index < -0.39 is 0 Å². The summed E-state index contributed by atoms with van der Waals surface area (Å²) in [5, 5.41) is 5.66. The molecule has 2 aromatic rings. The smallest absolute Gasteiger partial charge is 0.251 e. The van der Waals surface area contributed by atoms with E-state index in [4.69, 9.17) is 4.74 Å². The van der Waals surface area contributed by atoms with Crippen LogP contribution in [-0.4, -0.2) is 17.4 Å². The zero-order valence-corrected chi connectivity index (χ0v) is 15.3. The van der Waals surface area contributed by atoms with Crippen LogP contribution in [-0.2, 0) is 4.79 Å². The van der Waals surface area contributed by atoms with Gasteiger partial charge in [0, 0.05) is 23.2 Å². The van der Waals surface area contributed by atoms with E-state index in [-0.39, 0.29) is 29.3 Å². The number of benzene rings is 2. The lowest BCUT2D eigenvalue weighted by Gasteiger charge is -2.48. The molecular formula is C22H21FN2O3. The third-order valence-corrected chi connectivity index (χ3v) is 5.40. The number of ether oxygens (including phenoxy) is 1. The van der Waals surface area contributed by atoms with Gasteiger partial charge in [-0.15, -0.1) is 0 Å². The summed E-state index contributed by atoms with van der Waals surface area (Å²) in [6, 6.07) is 10.8. The first kappa shape index (κ1) is 18.2. The van der Waals surface area contributed by atoms with Crippen molar-refractivity contribution in [3.05, 3.63) is 72.1 Å². The standard InChI is InChI=1S/C22H21FN2O3/c1-2-20(26)24-16-6-3-5-14(11-16)21(27)25-18-13-22(9-4-10-22)28-19-8-7-15(23)12-17(18)19/h2-3,5-8,11-12,18H,1,4,9-10,13H2,(H,24,26)(H,25,27)/t18-/m1/s1. The molecule has 1 aliphatic heterocycles. The van der Waals surface area contributed by atoms with Crippen molar-refractivity contribution in [1.29, 1.82) is 0 Å². The van der Waals surface area contributed by atoms with Gasteiger partial charge < -0.3 is 15.4 Å². The monoisotopic (exact) mass is 380 g/mol. The third kappa shape index (κ3) is 3.50. The van der Waals surface area contributed by atoms with Crippen LogP contribution in [0, 0.1) is 5.82 Å². The van der Waals surface area contributed by atoms with E-state index in [2.05, 4.69) is 17.2 Å². The van der Waals surface area contributed by atoms with Gasteiger partial charge in [-0.25, -0.2) is 4.39 Å². The molecule has 6 heteroatoms. The van der Waals surface area contributed by atoms with Crippen molar-refractivity contribution in [3.8, 4) is 5.75 Å². The van der Waals surface area contributed by atoms with Crippen molar-refractivity contribution in [2.75, 3.05) is 5.32 Å². The van der Waals surface area contributed by atoms with E-state index in [1.165, 1.54) is 12.1 Å². The molecule has 1 fully saturated rings. The van der Waals surface area contributed by atoms with Crippen molar-refractivity contribution >= 4 is 17.5 Å². The molecule has 2 N–H and O–H groups in total. The van der Waals surface area contributed by atoms with Gasteiger partial charge in [0.25, 0.3) is 5.91 Å². The van der Waals surface area contributed by atoms with E-state index in [1.807, 2.05) is 0 Å². The number of hydrogen-bond donors (Lipinski definition) is 2. The van der Waals surface area contributed by atoms with Gasteiger partial charge in [0.1, 0.15) is 17.2 Å². The number of amides is 2. The fourth-order valence-corrected chi connectivity index (χ4v) is 3.82. The molecule has 1 heterocycles. The summed E-state index contributed by atoms with van der Waals surface area (Å²) in [6.45, 7) is 3.41. The number of hydrogen-bond acceptors (Lipinski definition) is 3. The van der Waals surface area contributed by atoms with Crippen molar-refractivity contribution in [1.82, 2.24) is 5.32 Å². The lowest BCUT2D eigenvalue weighted by molar-refractivity contribution is -0.111. The fraction of sp³-hybridized carbons (Fsp3) is 0.273. The van der Waals surface area contributed by atoms with Gasteiger partial charge in [0.05, 0.1) is 6.04 Å². The zero-order valence-electron chi connectivity index (χ0n) is 15.3. The summed E-state index contributed by atoms with van der Waals surface area (Å²) in [7, 11) is 0. The Kier molecular flexibility index (Phi) is 4.63. The number of carbonyl (C=O) groups excluding carboxylic acids is 2. The highest BCUT2D eigenvalue weighted by molar-refractivity contribution is 6.00. The Balaban J connectivity index is 1.57. The molecule has 5 nitrogen and oxygen atoms in total. The van der Waals surface area contributed by atoms with E-state index in [1.54, 1.807) is 30.3 Å². The van der Waals surface area contributed by atoms with Crippen LogP contribution in [0.1, 0.15) is 47.6 Å². The minimum atomic E-state index is -0.361. The molecule has 0 saturated heterocycles. The van der Waals surface area contributed by atoms with E-state index in [0.717, 1.165) is 25.3 Å². The predicted octanol–water partition coefficient (Wildman–Crippen LogP) is 4.13. The number of nitrogens with one attached hydrogen (secondary N) is 2. The Hall–Kier alpha value is -3.15. The Bertz CT molecular complexity index is 953. The zero-order chi connectivity index (χ0) is 19.7. The number of halogens is 1. The summed E-state index contributed by atoms with van der Waals surface area (Å²) in [4.78, 5) is 24.3. The molecule has 1 aliphatic carbocycles. The van der Waals surface area contributed by atoms with Crippen LogP contribution in [0.5, 0.6) is 5.75 Å². The third-order valence-electron chi connectivity index (χ3n) is 5.40. The Morgan fingerprint density at radius 2 is 2.04 bits per heavy atom. The first-order valence-electron chi connectivity index (χ1n) is 9.31. The maximum atomic E-state index is 13.8. The van der Waals surface area contributed by atoms with Gasteiger partial charge in [-0.05, 0) is 61.7 Å². The van der Waals surface area contributed by atoms with Crippen LogP contribution >= 0.6 is 0 Å². The molecule has 0 bridgehead atoms. The molecule has 1 saturated carbocycles. The average molecular weight is 380 g/mol. The van der Waals surface area contributed by atoms with Crippen molar-refractivity contribution in [3.63, 3.8) is 0 Å². The second-order valence-electron chi connectivity index (χ2n) is 7.33. The number of fused-ring (bicyclic) bond motifs is 1. The largest absolute Gasteiger partial charge is 0.487 e. The summed E-state index contributed by atoms with van der Waals surface area (Å²) in [6.07, 6.45) is 4.72. The number of rotatable bonds is 4. The summed E-state index contributed by atoms with van der Waals surface area (Å²) >= 11 is 0. The second kappa shape index (κ2) is 7.11. The minimum absolute atomic E-state index is 0.275. The van der Waals surface area contributed by atoms with Gasteiger partial charge in [-0.3, -0.25) is 9.59 Å². The van der Waals surface area contributed by atoms with Crippen LogP contribution in [0.4, 0.5) is 10.1 Å². The predicted molar refractivity (Wildman–Crippen MR) is 104 cm³/mol. The summed E-state index contributed by atoms with van der Waals surface area (Å²) in [5.74, 6) is -0.366. The quantitative estimate of drug-likeness (QED) is 0.784. The number of anilines is 1. The highest BCUT2D eigenvalue weighted by atomic mass is 19.1. The highest BCUT2D eigenvalue weighted by Crippen LogP contribution is 2.49. The van der Waals surface area contributed by atoms with Crippen LogP contribution < -0.4 is 15.4 Å². The highest BCUT2D eigenvalue weighted by Gasteiger charge is 2.46. The maximum Gasteiger partial charge on any atom is 0.251 e. The fourth-order valence-electron chi connectivity index (χ4n) is 3.82. The Morgan fingerprint density at radius 3 is 2.75 bits per heavy atom. The van der Waals surface area contributed by atoms with Crippen LogP contribution in [0.25, 0.3) is 0 Å². The van der Waals surface area contributed by atoms with Gasteiger partial charge in [-0.2, -0.15) is 0 Å². The van der Waals surface area contributed by atoms with Gasteiger partial charge in [-0.1, -0.05) is 12.6 Å². The molecule has 2 aromatic carbocycles. The van der Waals surface area contributed by atoms with E-state index >= 15 is 0 Å².